The minimum Gasteiger partial charge on any atom is -0.465 e. The van der Waals surface area contributed by atoms with E-state index in [9.17, 15) is 19.5 Å². The number of unbranched alkanes of at least 4 members (excludes halogenated alkanes) is 1. The second-order valence-corrected chi connectivity index (χ2v) is 10.8. The molecule has 0 unspecified atom stereocenters. The Morgan fingerprint density at radius 3 is 2.60 bits per heavy atom. The zero-order valence-corrected chi connectivity index (χ0v) is 22.1. The fourth-order valence-corrected chi connectivity index (χ4v) is 5.47. The molecule has 2 heterocycles. The quantitative estimate of drug-likeness (QED) is 0.548. The molecule has 0 spiro atoms. The van der Waals surface area contributed by atoms with Crippen LogP contribution in [0.5, 0.6) is 0 Å². The first-order valence-corrected chi connectivity index (χ1v) is 12.7. The standard InChI is InChI=1S/C27H41N3O5/c1-18(2)30(20-10-9-11-28(17-20)26(33)34)25(32)21-15-23-22(14-19(21)3)27(4,5)16-24(31)29(23)12-7-8-13-35-6/h14-15,18,20H,7-13,16-17H2,1-6H3,(H,33,34)/t20-/m1/s1. The van der Waals surface area contributed by atoms with E-state index in [0.29, 0.717) is 38.2 Å². The molecule has 0 bridgehead atoms. The van der Waals surface area contributed by atoms with Gasteiger partial charge in [-0.05, 0) is 63.6 Å². The van der Waals surface area contributed by atoms with Crippen molar-refractivity contribution < 1.29 is 24.2 Å². The molecule has 0 saturated carbocycles. The van der Waals surface area contributed by atoms with Gasteiger partial charge in [-0.25, -0.2) is 4.79 Å². The number of anilines is 1. The Bertz CT molecular complexity index is 958. The van der Waals surface area contributed by atoms with Crippen LogP contribution in [0.1, 0.15) is 81.3 Å². The third kappa shape index (κ3) is 5.80. The number of hydrogen-bond acceptors (Lipinski definition) is 4. The molecule has 1 atom stereocenters. The molecular weight excluding hydrogens is 446 g/mol. The summed E-state index contributed by atoms with van der Waals surface area (Å²) in [5.74, 6) is -0.0278. The van der Waals surface area contributed by atoms with Crippen LogP contribution in [-0.4, -0.2) is 78.2 Å². The van der Waals surface area contributed by atoms with E-state index in [4.69, 9.17) is 4.74 Å². The Kier molecular flexibility index (Phi) is 8.46. The van der Waals surface area contributed by atoms with E-state index in [1.807, 2.05) is 36.6 Å². The first-order chi connectivity index (χ1) is 16.5. The number of nitrogens with zero attached hydrogens (tertiary/aromatic N) is 3. The number of hydrogen-bond donors (Lipinski definition) is 1. The summed E-state index contributed by atoms with van der Waals surface area (Å²) in [4.78, 5) is 43.7. The van der Waals surface area contributed by atoms with Crippen LogP contribution in [-0.2, 0) is 14.9 Å². The lowest BCUT2D eigenvalue weighted by molar-refractivity contribution is -0.120. The van der Waals surface area contributed by atoms with E-state index in [0.717, 1.165) is 42.5 Å². The van der Waals surface area contributed by atoms with Gasteiger partial charge in [-0.3, -0.25) is 9.59 Å². The summed E-state index contributed by atoms with van der Waals surface area (Å²) in [6.07, 6.45) is 2.67. The zero-order chi connectivity index (χ0) is 25.9. The third-order valence-electron chi connectivity index (χ3n) is 7.32. The fourth-order valence-electron chi connectivity index (χ4n) is 5.47. The maximum atomic E-state index is 14.0. The second kappa shape index (κ2) is 11.0. The summed E-state index contributed by atoms with van der Waals surface area (Å²) < 4.78 is 5.16. The molecule has 2 aliphatic heterocycles. The molecule has 194 valence electrons. The van der Waals surface area contributed by atoms with Crippen molar-refractivity contribution in [1.29, 1.82) is 0 Å². The number of amides is 3. The molecule has 0 aromatic heterocycles. The van der Waals surface area contributed by atoms with Gasteiger partial charge < -0.3 is 24.5 Å². The summed E-state index contributed by atoms with van der Waals surface area (Å²) in [6, 6.07) is 3.71. The number of carbonyl (C=O) groups is 3. The molecule has 3 rings (SSSR count). The van der Waals surface area contributed by atoms with E-state index in [2.05, 4.69) is 19.9 Å². The monoisotopic (exact) mass is 487 g/mol. The van der Waals surface area contributed by atoms with Gasteiger partial charge in [-0.1, -0.05) is 19.9 Å². The number of fused-ring (bicyclic) bond motifs is 1. The molecule has 8 nitrogen and oxygen atoms in total. The average Bonchev–Trinajstić information content (AvgIpc) is 2.78. The number of ether oxygens (including phenoxy) is 1. The van der Waals surface area contributed by atoms with Gasteiger partial charge in [0.15, 0.2) is 0 Å². The summed E-state index contributed by atoms with van der Waals surface area (Å²) in [5.41, 5.74) is 3.05. The number of aryl methyl sites for hydroxylation is 1. The summed E-state index contributed by atoms with van der Waals surface area (Å²) in [7, 11) is 1.67. The number of methoxy groups -OCH3 is 1. The molecule has 0 aliphatic carbocycles. The Balaban J connectivity index is 1.98. The maximum Gasteiger partial charge on any atom is 0.407 e. The lowest BCUT2D eigenvalue weighted by atomic mass is 9.76. The number of carboxylic acid groups (broad SMARTS) is 1. The topological polar surface area (TPSA) is 90.4 Å². The van der Waals surface area contributed by atoms with Crippen molar-refractivity contribution in [1.82, 2.24) is 9.80 Å². The molecule has 2 aliphatic rings. The van der Waals surface area contributed by atoms with Crippen LogP contribution in [0.4, 0.5) is 10.5 Å². The molecule has 8 heteroatoms. The van der Waals surface area contributed by atoms with Crippen molar-refractivity contribution in [3.8, 4) is 0 Å². The first-order valence-electron chi connectivity index (χ1n) is 12.7. The normalized spacial score (nSPS) is 19.6. The van der Waals surface area contributed by atoms with Gasteiger partial charge in [0, 0.05) is 62.5 Å². The van der Waals surface area contributed by atoms with Crippen LogP contribution in [0, 0.1) is 6.92 Å². The maximum absolute atomic E-state index is 14.0. The van der Waals surface area contributed by atoms with Crippen molar-refractivity contribution in [2.75, 3.05) is 38.3 Å². The van der Waals surface area contributed by atoms with Crippen LogP contribution in [0.25, 0.3) is 0 Å². The first kappa shape index (κ1) is 27.0. The lowest BCUT2D eigenvalue weighted by Gasteiger charge is -2.42. The van der Waals surface area contributed by atoms with Crippen molar-refractivity contribution >= 4 is 23.6 Å². The molecule has 1 fully saturated rings. The number of piperidine rings is 1. The molecule has 1 N–H and O–H groups in total. The van der Waals surface area contributed by atoms with E-state index < -0.39 is 6.09 Å². The van der Waals surface area contributed by atoms with Crippen molar-refractivity contribution in [2.45, 2.75) is 84.2 Å². The van der Waals surface area contributed by atoms with E-state index in [1.54, 1.807) is 7.11 Å². The minimum atomic E-state index is -0.944. The van der Waals surface area contributed by atoms with Gasteiger partial charge in [0.25, 0.3) is 5.91 Å². The minimum absolute atomic E-state index is 0.0762. The summed E-state index contributed by atoms with van der Waals surface area (Å²) in [5, 5.41) is 9.49. The lowest BCUT2D eigenvalue weighted by Crippen LogP contribution is -2.54. The van der Waals surface area contributed by atoms with Gasteiger partial charge in [0.05, 0.1) is 6.04 Å². The van der Waals surface area contributed by atoms with Crippen LogP contribution in [0.2, 0.25) is 0 Å². The highest BCUT2D eigenvalue weighted by Gasteiger charge is 2.39. The van der Waals surface area contributed by atoms with Crippen molar-refractivity contribution in [3.05, 3.63) is 28.8 Å². The Labute approximate surface area is 209 Å². The number of rotatable bonds is 8. The second-order valence-electron chi connectivity index (χ2n) is 10.8. The molecular formula is C27H41N3O5. The van der Waals surface area contributed by atoms with Gasteiger partial charge in [0.1, 0.15) is 0 Å². The van der Waals surface area contributed by atoms with E-state index in [-0.39, 0.29) is 29.3 Å². The fraction of sp³-hybridized carbons (Fsp3) is 0.667. The largest absolute Gasteiger partial charge is 0.465 e. The number of likely N-dealkylation sites (tertiary alicyclic amines) is 1. The van der Waals surface area contributed by atoms with Crippen LogP contribution >= 0.6 is 0 Å². The predicted molar refractivity (Wildman–Crippen MR) is 136 cm³/mol. The number of benzene rings is 1. The highest BCUT2D eigenvalue weighted by atomic mass is 16.5. The van der Waals surface area contributed by atoms with Gasteiger partial charge in [-0.2, -0.15) is 0 Å². The molecule has 3 amide bonds. The summed E-state index contributed by atoms with van der Waals surface area (Å²) >= 11 is 0. The summed E-state index contributed by atoms with van der Waals surface area (Å²) in [6.45, 7) is 12.1. The van der Waals surface area contributed by atoms with E-state index >= 15 is 0 Å². The molecule has 1 saturated heterocycles. The number of carbonyl (C=O) groups excluding carboxylic acids is 2. The van der Waals surface area contributed by atoms with Crippen LogP contribution in [0.15, 0.2) is 12.1 Å². The Hall–Kier alpha value is -2.61. The Morgan fingerprint density at radius 1 is 1.26 bits per heavy atom. The van der Waals surface area contributed by atoms with Gasteiger partial charge in [-0.15, -0.1) is 0 Å². The smallest absolute Gasteiger partial charge is 0.407 e. The molecule has 0 radical (unpaired) electrons. The molecule has 1 aromatic carbocycles. The van der Waals surface area contributed by atoms with Crippen LogP contribution in [0.3, 0.4) is 0 Å². The molecule has 35 heavy (non-hydrogen) atoms. The highest BCUT2D eigenvalue weighted by molar-refractivity contribution is 6.02. The Morgan fingerprint density at radius 2 is 1.97 bits per heavy atom. The zero-order valence-electron chi connectivity index (χ0n) is 22.1. The SMILES string of the molecule is COCCCCN1C(=O)CC(C)(C)c2cc(C)c(C(=O)N(C(C)C)[C@@H]3CCCN(C(=O)O)C3)cc21. The highest BCUT2D eigenvalue weighted by Crippen LogP contribution is 2.42. The van der Waals surface area contributed by atoms with Crippen molar-refractivity contribution in [3.63, 3.8) is 0 Å². The average molecular weight is 488 g/mol. The molecule has 1 aromatic rings. The predicted octanol–water partition coefficient (Wildman–Crippen LogP) is 4.43. The van der Waals surface area contributed by atoms with Gasteiger partial charge >= 0.3 is 6.09 Å². The third-order valence-corrected chi connectivity index (χ3v) is 7.32. The van der Waals surface area contributed by atoms with Gasteiger partial charge in [0.2, 0.25) is 5.91 Å². The van der Waals surface area contributed by atoms with Crippen molar-refractivity contribution in [2.24, 2.45) is 0 Å². The van der Waals surface area contributed by atoms with Crippen LogP contribution < -0.4 is 4.90 Å². The van der Waals surface area contributed by atoms with E-state index in [1.165, 1.54) is 4.90 Å².